The van der Waals surface area contributed by atoms with Gasteiger partial charge in [-0.15, -0.1) is 11.3 Å². The second-order valence-corrected chi connectivity index (χ2v) is 4.58. The predicted octanol–water partition coefficient (Wildman–Crippen LogP) is 1.80. The van der Waals surface area contributed by atoms with Crippen molar-refractivity contribution in [3.8, 4) is 0 Å². The van der Waals surface area contributed by atoms with Gasteiger partial charge >= 0.3 is 0 Å². The number of anilines is 1. The fourth-order valence-electron chi connectivity index (χ4n) is 1.40. The number of nitrogens with two attached hydrogens (primary N) is 1. The molecule has 0 fully saturated rings. The quantitative estimate of drug-likeness (QED) is 0.883. The Morgan fingerprint density at radius 2 is 2.17 bits per heavy atom. The molecule has 1 aromatic heterocycles. The van der Waals surface area contributed by atoms with Crippen molar-refractivity contribution in [1.82, 2.24) is 4.98 Å². The Kier molecular flexibility index (Phi) is 3.38. The Morgan fingerprint density at radius 3 is 2.78 bits per heavy atom. The van der Waals surface area contributed by atoms with Gasteiger partial charge in [0, 0.05) is 10.9 Å². The zero-order valence-electron chi connectivity index (χ0n) is 9.64. The average Bonchev–Trinajstić information content (AvgIpc) is 2.77. The Morgan fingerprint density at radius 1 is 1.39 bits per heavy atom. The third-order valence-corrected chi connectivity index (χ3v) is 3.02. The van der Waals surface area contributed by atoms with E-state index in [1.165, 1.54) is 5.38 Å². The minimum Gasteiger partial charge on any atom is -0.364 e. The molecule has 0 spiro atoms. The summed E-state index contributed by atoms with van der Waals surface area (Å²) in [6.45, 7) is 1.91. The molecule has 5 nitrogen and oxygen atoms in total. The van der Waals surface area contributed by atoms with E-state index in [4.69, 9.17) is 5.73 Å². The minimum atomic E-state index is -0.609. The molecule has 0 saturated carbocycles. The van der Waals surface area contributed by atoms with Crippen LogP contribution in [0.2, 0.25) is 0 Å². The van der Waals surface area contributed by atoms with Crippen molar-refractivity contribution in [1.29, 1.82) is 0 Å². The van der Waals surface area contributed by atoms with Gasteiger partial charge < -0.3 is 5.73 Å². The summed E-state index contributed by atoms with van der Waals surface area (Å²) in [5.41, 5.74) is 6.78. The number of nitrogens with zero attached hydrogens (tertiary/aromatic N) is 1. The largest absolute Gasteiger partial charge is 0.364 e. The number of primary amides is 1. The number of aromatic nitrogens is 1. The molecule has 0 unspecified atom stereocenters. The summed E-state index contributed by atoms with van der Waals surface area (Å²) in [5, 5.41) is 4.49. The molecule has 0 aliphatic rings. The number of aryl methyl sites for hydroxylation is 1. The standard InChI is InChI=1S/C12H11N3O2S/c1-7-3-2-4-8(5-7)11(17)15-12-14-9(6-18-12)10(13)16/h2-6H,1H3,(H2,13,16)(H,14,15,17). The highest BCUT2D eigenvalue weighted by Crippen LogP contribution is 2.16. The number of thiazole rings is 1. The van der Waals surface area contributed by atoms with Gasteiger partial charge in [0.15, 0.2) is 5.13 Å². The van der Waals surface area contributed by atoms with Crippen LogP contribution in [0.3, 0.4) is 0 Å². The molecular formula is C12H11N3O2S. The summed E-state index contributed by atoms with van der Waals surface area (Å²) in [5.74, 6) is -0.869. The molecule has 2 rings (SSSR count). The number of rotatable bonds is 3. The molecule has 1 heterocycles. The smallest absolute Gasteiger partial charge is 0.268 e. The SMILES string of the molecule is Cc1cccc(C(=O)Nc2nc(C(N)=O)cs2)c1. The highest BCUT2D eigenvalue weighted by Gasteiger charge is 2.11. The Hall–Kier alpha value is -2.21. The van der Waals surface area contributed by atoms with Crippen LogP contribution in [0.5, 0.6) is 0 Å². The monoisotopic (exact) mass is 261 g/mol. The van der Waals surface area contributed by atoms with Crippen molar-refractivity contribution < 1.29 is 9.59 Å². The van der Waals surface area contributed by atoms with Crippen LogP contribution in [0.25, 0.3) is 0 Å². The summed E-state index contributed by atoms with van der Waals surface area (Å²) in [7, 11) is 0. The molecule has 0 aliphatic heterocycles. The van der Waals surface area contributed by atoms with Gasteiger partial charge in [-0.05, 0) is 19.1 Å². The van der Waals surface area contributed by atoms with Gasteiger partial charge in [-0.2, -0.15) is 0 Å². The number of carbonyl (C=O) groups excluding carboxylic acids is 2. The fourth-order valence-corrected chi connectivity index (χ4v) is 2.09. The maximum absolute atomic E-state index is 11.9. The molecule has 2 amide bonds. The van der Waals surface area contributed by atoms with E-state index < -0.39 is 5.91 Å². The molecule has 0 bridgehead atoms. The number of amides is 2. The molecule has 92 valence electrons. The van der Waals surface area contributed by atoms with Gasteiger partial charge in [0.2, 0.25) is 0 Å². The molecule has 0 atom stereocenters. The van der Waals surface area contributed by atoms with Gasteiger partial charge in [0.05, 0.1) is 0 Å². The summed E-state index contributed by atoms with van der Waals surface area (Å²) in [6.07, 6.45) is 0. The van der Waals surface area contributed by atoms with Crippen LogP contribution in [0.4, 0.5) is 5.13 Å². The molecule has 0 radical (unpaired) electrons. The molecule has 2 aromatic rings. The third kappa shape index (κ3) is 2.72. The fraction of sp³-hybridized carbons (Fsp3) is 0.0833. The zero-order valence-corrected chi connectivity index (χ0v) is 10.5. The van der Waals surface area contributed by atoms with E-state index in [0.717, 1.165) is 16.9 Å². The topological polar surface area (TPSA) is 85.1 Å². The van der Waals surface area contributed by atoms with Gasteiger partial charge in [-0.1, -0.05) is 17.7 Å². The molecule has 18 heavy (non-hydrogen) atoms. The Labute approximate surface area is 108 Å². The molecule has 1 aromatic carbocycles. The number of hydrogen-bond donors (Lipinski definition) is 2. The van der Waals surface area contributed by atoms with Gasteiger partial charge in [-0.25, -0.2) is 4.98 Å². The molecular weight excluding hydrogens is 250 g/mol. The Balaban J connectivity index is 2.13. The van der Waals surface area contributed by atoms with E-state index in [2.05, 4.69) is 10.3 Å². The Bertz CT molecular complexity index is 607. The van der Waals surface area contributed by atoms with Crippen LogP contribution in [0.1, 0.15) is 26.4 Å². The van der Waals surface area contributed by atoms with Crippen molar-refractivity contribution >= 4 is 28.3 Å². The van der Waals surface area contributed by atoms with Crippen molar-refractivity contribution in [2.45, 2.75) is 6.92 Å². The lowest BCUT2D eigenvalue weighted by atomic mass is 10.1. The molecule has 6 heteroatoms. The van der Waals surface area contributed by atoms with Crippen molar-refractivity contribution in [3.63, 3.8) is 0 Å². The molecule has 0 aliphatic carbocycles. The van der Waals surface area contributed by atoms with Gasteiger partial charge in [0.1, 0.15) is 5.69 Å². The molecule has 3 N–H and O–H groups in total. The first-order valence-corrected chi connectivity index (χ1v) is 6.07. The van der Waals surface area contributed by atoms with Crippen molar-refractivity contribution in [2.24, 2.45) is 5.73 Å². The average molecular weight is 261 g/mol. The lowest BCUT2D eigenvalue weighted by Crippen LogP contribution is -2.14. The van der Waals surface area contributed by atoms with Crippen LogP contribution >= 0.6 is 11.3 Å². The van der Waals surface area contributed by atoms with E-state index in [1.54, 1.807) is 18.2 Å². The van der Waals surface area contributed by atoms with E-state index >= 15 is 0 Å². The molecule has 0 saturated heterocycles. The summed E-state index contributed by atoms with van der Waals surface area (Å²) in [4.78, 5) is 26.7. The number of benzene rings is 1. The maximum Gasteiger partial charge on any atom is 0.268 e. The number of hydrogen-bond acceptors (Lipinski definition) is 4. The minimum absolute atomic E-state index is 0.152. The van der Waals surface area contributed by atoms with Crippen molar-refractivity contribution in [2.75, 3.05) is 5.32 Å². The third-order valence-electron chi connectivity index (χ3n) is 2.26. The number of carbonyl (C=O) groups is 2. The second kappa shape index (κ2) is 4.97. The van der Waals surface area contributed by atoms with Crippen LogP contribution in [0.15, 0.2) is 29.6 Å². The summed E-state index contributed by atoms with van der Waals surface area (Å²) < 4.78 is 0. The van der Waals surface area contributed by atoms with Crippen LogP contribution in [-0.4, -0.2) is 16.8 Å². The van der Waals surface area contributed by atoms with Gasteiger partial charge in [0.25, 0.3) is 11.8 Å². The van der Waals surface area contributed by atoms with Crippen LogP contribution in [-0.2, 0) is 0 Å². The summed E-state index contributed by atoms with van der Waals surface area (Å²) in [6, 6.07) is 7.20. The number of nitrogens with one attached hydrogen (secondary N) is 1. The van der Waals surface area contributed by atoms with Crippen molar-refractivity contribution in [3.05, 3.63) is 46.5 Å². The van der Waals surface area contributed by atoms with Gasteiger partial charge in [-0.3, -0.25) is 14.9 Å². The lowest BCUT2D eigenvalue weighted by Gasteiger charge is -2.02. The normalized spacial score (nSPS) is 10.1. The zero-order chi connectivity index (χ0) is 13.1. The summed E-state index contributed by atoms with van der Waals surface area (Å²) >= 11 is 1.16. The highest BCUT2D eigenvalue weighted by molar-refractivity contribution is 7.14. The van der Waals surface area contributed by atoms with Crippen LogP contribution < -0.4 is 11.1 Å². The lowest BCUT2D eigenvalue weighted by molar-refractivity contribution is 0.0992. The maximum atomic E-state index is 11.9. The van der Waals surface area contributed by atoms with E-state index in [9.17, 15) is 9.59 Å². The van der Waals surface area contributed by atoms with E-state index in [-0.39, 0.29) is 11.6 Å². The van der Waals surface area contributed by atoms with E-state index in [0.29, 0.717) is 10.7 Å². The predicted molar refractivity (Wildman–Crippen MR) is 69.8 cm³/mol. The first-order chi connectivity index (χ1) is 8.56. The first kappa shape index (κ1) is 12.3. The first-order valence-electron chi connectivity index (χ1n) is 5.19. The second-order valence-electron chi connectivity index (χ2n) is 3.73. The van der Waals surface area contributed by atoms with Crippen LogP contribution in [0, 0.1) is 6.92 Å². The van der Waals surface area contributed by atoms with E-state index in [1.807, 2.05) is 13.0 Å². The highest BCUT2D eigenvalue weighted by atomic mass is 32.1.